The van der Waals surface area contributed by atoms with Crippen LogP contribution >= 0.6 is 0 Å². The summed E-state index contributed by atoms with van der Waals surface area (Å²) in [6.07, 6.45) is 0. The van der Waals surface area contributed by atoms with Crippen molar-refractivity contribution in [2.24, 2.45) is 0 Å². The minimum atomic E-state index is -1.06. The van der Waals surface area contributed by atoms with Crippen molar-refractivity contribution in [3.63, 3.8) is 0 Å². The number of aryl methyl sites for hydroxylation is 2. The number of carboxylic acids is 1. The monoisotopic (exact) mass is 287 g/mol. The first-order valence-electron chi connectivity index (χ1n) is 6.66. The van der Waals surface area contributed by atoms with Gasteiger partial charge in [-0.2, -0.15) is 5.10 Å². The number of benzene rings is 1. The molecule has 0 aliphatic rings. The third kappa shape index (κ3) is 3.28. The predicted molar refractivity (Wildman–Crippen MR) is 78.4 cm³/mol. The fourth-order valence-corrected chi connectivity index (χ4v) is 2.12. The average molecular weight is 287 g/mol. The maximum atomic E-state index is 12.7. The molecule has 0 bridgehead atoms. The Hall–Kier alpha value is -2.63. The first-order chi connectivity index (χ1) is 10.0. The Morgan fingerprint density at radius 1 is 1.29 bits per heavy atom. The molecule has 0 radical (unpaired) electrons. The van der Waals surface area contributed by atoms with Crippen LogP contribution in [0.1, 0.15) is 23.1 Å². The Kier molecular flexibility index (Phi) is 4.37. The zero-order chi connectivity index (χ0) is 15.4. The zero-order valence-corrected chi connectivity index (χ0v) is 12.0. The third-order valence-electron chi connectivity index (χ3n) is 3.03. The van der Waals surface area contributed by atoms with E-state index in [2.05, 4.69) is 5.10 Å². The van der Waals surface area contributed by atoms with Crippen LogP contribution in [-0.2, 0) is 11.3 Å². The second kappa shape index (κ2) is 6.21. The lowest BCUT2D eigenvalue weighted by Crippen LogP contribution is -2.37. The van der Waals surface area contributed by atoms with Crippen LogP contribution < -0.4 is 4.90 Å². The van der Waals surface area contributed by atoms with Gasteiger partial charge in [-0.25, -0.2) is 0 Å². The summed E-state index contributed by atoms with van der Waals surface area (Å²) in [5.74, 6) is -1.43. The molecule has 0 saturated carbocycles. The number of para-hydroxylation sites is 1. The van der Waals surface area contributed by atoms with E-state index in [9.17, 15) is 9.59 Å². The third-order valence-corrected chi connectivity index (χ3v) is 3.03. The number of hydrogen-bond acceptors (Lipinski definition) is 3. The van der Waals surface area contributed by atoms with Crippen molar-refractivity contribution in [1.82, 2.24) is 9.78 Å². The fourth-order valence-electron chi connectivity index (χ4n) is 2.12. The molecule has 21 heavy (non-hydrogen) atoms. The molecule has 0 spiro atoms. The maximum absolute atomic E-state index is 12.7. The predicted octanol–water partition coefficient (Wildman–Crippen LogP) is 1.94. The Labute approximate surface area is 122 Å². The molecule has 1 aromatic heterocycles. The molecule has 0 fully saturated rings. The summed E-state index contributed by atoms with van der Waals surface area (Å²) in [4.78, 5) is 25.0. The molecule has 110 valence electrons. The van der Waals surface area contributed by atoms with E-state index >= 15 is 0 Å². The molecule has 0 aliphatic carbocycles. The number of hydrogen-bond donors (Lipinski definition) is 1. The normalized spacial score (nSPS) is 10.4. The van der Waals surface area contributed by atoms with Gasteiger partial charge in [0.15, 0.2) is 0 Å². The zero-order valence-electron chi connectivity index (χ0n) is 12.0. The summed E-state index contributed by atoms with van der Waals surface area (Å²) >= 11 is 0. The molecule has 1 N–H and O–H groups in total. The van der Waals surface area contributed by atoms with Crippen LogP contribution in [0.3, 0.4) is 0 Å². The minimum Gasteiger partial charge on any atom is -0.480 e. The van der Waals surface area contributed by atoms with E-state index in [1.165, 1.54) is 4.90 Å². The number of anilines is 1. The average Bonchev–Trinajstić information content (AvgIpc) is 2.86. The summed E-state index contributed by atoms with van der Waals surface area (Å²) in [5.41, 5.74) is 1.66. The molecule has 2 aromatic rings. The van der Waals surface area contributed by atoms with E-state index in [1.807, 2.05) is 13.0 Å². The molecule has 0 aliphatic heterocycles. The number of rotatable bonds is 5. The molecule has 2 rings (SSSR count). The largest absolute Gasteiger partial charge is 0.480 e. The van der Waals surface area contributed by atoms with Crippen molar-refractivity contribution >= 4 is 17.6 Å². The van der Waals surface area contributed by atoms with E-state index in [0.717, 1.165) is 5.69 Å². The van der Waals surface area contributed by atoms with Crippen LogP contribution in [0.25, 0.3) is 0 Å². The summed E-state index contributed by atoms with van der Waals surface area (Å²) < 4.78 is 1.58. The van der Waals surface area contributed by atoms with Gasteiger partial charge < -0.3 is 5.11 Å². The SMILES string of the molecule is CCn1nc(C)cc1C(=O)N(CC(=O)O)c1ccccc1. The minimum absolute atomic E-state index is 0.369. The number of carbonyl (C=O) groups is 2. The van der Waals surface area contributed by atoms with Crippen molar-refractivity contribution in [3.8, 4) is 0 Å². The smallest absolute Gasteiger partial charge is 0.323 e. The van der Waals surface area contributed by atoms with Gasteiger partial charge in [-0.05, 0) is 32.0 Å². The number of carboxylic acid groups (broad SMARTS) is 1. The molecule has 1 aromatic carbocycles. The molecule has 6 heteroatoms. The van der Waals surface area contributed by atoms with Crippen molar-refractivity contribution in [3.05, 3.63) is 47.8 Å². The van der Waals surface area contributed by atoms with Gasteiger partial charge in [0.2, 0.25) is 0 Å². The van der Waals surface area contributed by atoms with Gasteiger partial charge in [0.25, 0.3) is 5.91 Å². The van der Waals surface area contributed by atoms with Crippen molar-refractivity contribution in [1.29, 1.82) is 0 Å². The maximum Gasteiger partial charge on any atom is 0.323 e. The first kappa shape index (κ1) is 14.8. The van der Waals surface area contributed by atoms with Crippen LogP contribution in [0.2, 0.25) is 0 Å². The summed E-state index contributed by atoms with van der Waals surface area (Å²) in [7, 11) is 0. The van der Waals surface area contributed by atoms with E-state index in [4.69, 9.17) is 5.11 Å². The fraction of sp³-hybridized carbons (Fsp3) is 0.267. The molecule has 6 nitrogen and oxygen atoms in total. The van der Waals surface area contributed by atoms with Crippen LogP contribution in [0.4, 0.5) is 5.69 Å². The highest BCUT2D eigenvalue weighted by Gasteiger charge is 2.23. The Morgan fingerprint density at radius 3 is 2.52 bits per heavy atom. The lowest BCUT2D eigenvalue weighted by molar-refractivity contribution is -0.135. The molecular weight excluding hydrogens is 270 g/mol. The number of amides is 1. The van der Waals surface area contributed by atoms with Gasteiger partial charge in [-0.15, -0.1) is 0 Å². The van der Waals surface area contributed by atoms with Crippen molar-refractivity contribution < 1.29 is 14.7 Å². The van der Waals surface area contributed by atoms with E-state index in [1.54, 1.807) is 41.9 Å². The molecule has 0 saturated heterocycles. The summed E-state index contributed by atoms with van der Waals surface area (Å²) in [6.45, 7) is 3.83. The van der Waals surface area contributed by atoms with Crippen LogP contribution in [0.5, 0.6) is 0 Å². The summed E-state index contributed by atoms with van der Waals surface area (Å²) in [5, 5.41) is 13.3. The van der Waals surface area contributed by atoms with E-state index < -0.39 is 12.5 Å². The Balaban J connectivity index is 2.41. The highest BCUT2D eigenvalue weighted by Crippen LogP contribution is 2.17. The van der Waals surface area contributed by atoms with Crippen LogP contribution in [0.15, 0.2) is 36.4 Å². The topological polar surface area (TPSA) is 75.4 Å². The second-order valence-electron chi connectivity index (χ2n) is 4.61. The van der Waals surface area contributed by atoms with Crippen molar-refractivity contribution in [2.75, 3.05) is 11.4 Å². The van der Waals surface area contributed by atoms with Crippen molar-refractivity contribution in [2.45, 2.75) is 20.4 Å². The van der Waals surface area contributed by atoms with E-state index in [0.29, 0.717) is 17.9 Å². The molecule has 0 atom stereocenters. The van der Waals surface area contributed by atoms with Gasteiger partial charge in [-0.1, -0.05) is 18.2 Å². The highest BCUT2D eigenvalue weighted by atomic mass is 16.4. The highest BCUT2D eigenvalue weighted by molar-refractivity contribution is 6.07. The molecule has 1 amide bonds. The molecular formula is C15H17N3O3. The molecule has 1 heterocycles. The first-order valence-corrected chi connectivity index (χ1v) is 6.66. The number of aliphatic carboxylic acids is 1. The van der Waals surface area contributed by atoms with Gasteiger partial charge in [-0.3, -0.25) is 19.2 Å². The Bertz CT molecular complexity index is 649. The lowest BCUT2D eigenvalue weighted by Gasteiger charge is -2.21. The van der Waals surface area contributed by atoms with Gasteiger partial charge in [0.05, 0.1) is 5.69 Å². The molecule has 0 unspecified atom stereocenters. The van der Waals surface area contributed by atoms with Gasteiger partial charge in [0.1, 0.15) is 12.2 Å². The number of aromatic nitrogens is 2. The van der Waals surface area contributed by atoms with E-state index in [-0.39, 0.29) is 5.91 Å². The lowest BCUT2D eigenvalue weighted by atomic mass is 10.2. The Morgan fingerprint density at radius 2 is 1.95 bits per heavy atom. The van der Waals surface area contributed by atoms with Crippen LogP contribution in [0, 0.1) is 6.92 Å². The quantitative estimate of drug-likeness (QED) is 0.912. The second-order valence-corrected chi connectivity index (χ2v) is 4.61. The summed E-state index contributed by atoms with van der Waals surface area (Å²) in [6, 6.07) is 10.4. The van der Waals surface area contributed by atoms with Gasteiger partial charge >= 0.3 is 5.97 Å². The van der Waals surface area contributed by atoms with Crippen LogP contribution in [-0.4, -0.2) is 33.3 Å². The number of nitrogens with zero attached hydrogens (tertiary/aromatic N) is 3. The standard InChI is InChI=1S/C15H17N3O3/c1-3-18-13(9-11(2)16-18)15(21)17(10-14(19)20)12-7-5-4-6-8-12/h4-9H,3,10H2,1-2H3,(H,19,20). The number of carbonyl (C=O) groups excluding carboxylic acids is 1. The van der Waals surface area contributed by atoms with Gasteiger partial charge in [0, 0.05) is 12.2 Å².